The van der Waals surface area contributed by atoms with Crippen molar-refractivity contribution in [1.29, 1.82) is 0 Å². The first-order valence-electron chi connectivity index (χ1n) is 36.5. The van der Waals surface area contributed by atoms with Crippen molar-refractivity contribution in [2.75, 3.05) is 111 Å². The molecule has 10 rings (SSSR count). The molecule has 6 fully saturated rings. The third-order valence-electron chi connectivity index (χ3n) is 19.3. The molecule has 10 aliphatic rings. The lowest BCUT2D eigenvalue weighted by Gasteiger charge is -2.36. The zero-order valence-corrected chi connectivity index (χ0v) is 72.8. The summed E-state index contributed by atoms with van der Waals surface area (Å²) in [7, 11) is 0. The van der Waals surface area contributed by atoms with Gasteiger partial charge in [0.1, 0.15) is 90.1 Å². The summed E-state index contributed by atoms with van der Waals surface area (Å²) >= 11 is 1.90. The van der Waals surface area contributed by atoms with E-state index < -0.39 is 169 Å². The van der Waals surface area contributed by atoms with E-state index in [1.54, 1.807) is 52.4 Å². The van der Waals surface area contributed by atoms with Crippen LogP contribution in [-0.4, -0.2) is 375 Å². The highest BCUT2D eigenvalue weighted by molar-refractivity contribution is 14.1. The molecule has 32 nitrogen and oxygen atoms in total. The van der Waals surface area contributed by atoms with E-state index in [1.807, 2.05) is 22.6 Å². The van der Waals surface area contributed by atoms with Crippen LogP contribution in [0.3, 0.4) is 0 Å². The van der Waals surface area contributed by atoms with E-state index in [1.165, 1.54) is 9.80 Å². The minimum atomic E-state index is -1.26. The topological polar surface area (TPSA) is 456 Å². The SMILES string of the molecule is C=C1NC(=O)C(/C=C/CN)=CN1[C@@H]1O[C@H](CCP(=C)(C)C)[C@@H](O)[C@H]1O.C=C1NC(=O)C(C)=CN1[C@@H]1O[C@H](CCP(=C)(C)C)[C@@H](O)[C@H]1O.C=C1NC(=O)C(I)=CN1[C@@H]1O[C@H](CCP(=C)(C)C)[C@@H](O)[C@H]1O.C=C1NC(=O)C(O)=CN1[C@@H]1O[C@H](CCP(=C)(C)C)[C@@H](O)[C@H]1O.C=C1NC(=O)CCN1C1O[C@H](CCP(=C)(C)C)[C@@H](O)[C@H]1O. The summed E-state index contributed by atoms with van der Waals surface area (Å²) in [5, 5.41) is 125. The number of amides is 5. The largest absolute Gasteiger partial charge is 0.502 e. The van der Waals surface area contributed by atoms with E-state index in [0.717, 1.165) is 37.0 Å². The monoisotopic (exact) mass is 1780 g/mol. The Kier molecular flexibility index (Phi) is 34.3. The summed E-state index contributed by atoms with van der Waals surface area (Å²) in [6.45, 7) is 36.2. The average molecular weight is 1780 g/mol. The van der Waals surface area contributed by atoms with Crippen LogP contribution in [0.5, 0.6) is 0 Å². The number of hydrogen-bond donors (Lipinski definition) is 17. The Labute approximate surface area is 672 Å². The van der Waals surface area contributed by atoms with Gasteiger partial charge in [-0.3, -0.25) is 24.0 Å². The summed E-state index contributed by atoms with van der Waals surface area (Å²) in [6.07, 6.45) is 21.1. The number of ether oxygens (including phenoxy) is 5. The minimum absolute atomic E-state index is 0.0931. The van der Waals surface area contributed by atoms with Crippen molar-refractivity contribution in [2.45, 2.75) is 168 Å². The lowest BCUT2D eigenvalue weighted by molar-refractivity contribution is -0.128. The third-order valence-corrected chi connectivity index (χ3v) is 27.4. The molecule has 5 amide bonds. The summed E-state index contributed by atoms with van der Waals surface area (Å²) in [4.78, 5) is 65.4. The Morgan fingerprint density at radius 2 is 0.723 bits per heavy atom. The highest BCUT2D eigenvalue weighted by Crippen LogP contribution is 2.44. The molecule has 6 saturated heterocycles. The van der Waals surface area contributed by atoms with Gasteiger partial charge in [0.15, 0.2) is 36.9 Å². The molecule has 0 bridgehead atoms. The molecule has 0 saturated carbocycles. The second-order valence-corrected chi connectivity index (χ2v) is 55.4. The van der Waals surface area contributed by atoms with Gasteiger partial charge in [0.25, 0.3) is 23.6 Å². The lowest BCUT2D eigenvalue weighted by Crippen LogP contribution is -2.51. The van der Waals surface area contributed by atoms with E-state index in [0.29, 0.717) is 83.8 Å². The molecule has 112 heavy (non-hydrogen) atoms. The Hall–Kier alpha value is -4.86. The van der Waals surface area contributed by atoms with E-state index in [-0.39, 0.29) is 35.3 Å². The van der Waals surface area contributed by atoms with Crippen LogP contribution in [0.15, 0.2) is 119 Å². The highest BCUT2D eigenvalue weighted by Gasteiger charge is 2.52. The fourth-order valence-corrected chi connectivity index (χ4v) is 18.0. The molecule has 38 heteroatoms. The number of aliphatic hydroxyl groups is 11. The van der Waals surface area contributed by atoms with Crippen molar-refractivity contribution in [3.05, 3.63) is 119 Å². The zero-order valence-electron chi connectivity index (χ0n) is 66.2. The smallest absolute Gasteiger partial charge is 0.293 e. The minimum Gasteiger partial charge on any atom is -0.502 e. The molecule has 0 aromatic rings. The number of halogens is 1. The Morgan fingerprint density at radius 1 is 0.429 bits per heavy atom. The van der Waals surface area contributed by atoms with Gasteiger partial charge in [0.05, 0.1) is 45.9 Å². The van der Waals surface area contributed by atoms with Gasteiger partial charge in [0, 0.05) is 43.7 Å². The standard InChI is InChI=1S/C17H28N3O4P.C15H25N2O4P.C14H22IN2O4P.C14H23N2O5P.C14H25N2O4P/c1-11-19-16(23)12(6-5-8-18)10-20(11)17-15(22)14(21)13(24-17)7-9-25(2,3)4;1-9-8-17(10(2)16-14(9)20)15-13(19)12(18)11(21-15)6-7-22(3,4)5;1-8-16-13(20)9(15)7-17(8)14-12(19)11(18)10(21-14)5-6-22(2,3)4;1-8-15-13(20)9(17)7-16(8)14-12(19)11(18)10(21-14)5-6-22(2,3)4;1-9-15-11(17)5-7-16(9)14-13(19)12(18)10(20-14)6-8-21(2,3)4/h5-6,10,13-15,17,21-22H,1-2,7-9,18H2,3-4H3,(H,19,23);8,11-13,15,18-19H,2-3,6-7H2,1,4-5H3,(H,16,20);7,10-12,14,18-19H,1-2,5-6H2,3-4H3,(H,16,20);7,10-12,14,17-19H,1-2,5-6H2,3-4H3,(H,15,20);10,12-14,18-19H,1-2,5-8H2,3-4H3,(H,15,17)/b6-5+;;;;/t13-,14-,15-,17-;11-,12-,13-,15-;2*10-,11-,12-,14-;10-,12-,13-,14?/m11111/s1. The summed E-state index contributed by atoms with van der Waals surface area (Å²) < 4.78 is 29.6. The number of carbonyl (C=O) groups excluding carboxylic acids is 5. The Bertz CT molecular complexity index is 3690. The van der Waals surface area contributed by atoms with Gasteiger partial charge < -0.3 is 137 Å². The lowest BCUT2D eigenvalue weighted by atomic mass is 10.1. The van der Waals surface area contributed by atoms with Gasteiger partial charge in [0.2, 0.25) is 5.91 Å². The van der Waals surface area contributed by atoms with Crippen LogP contribution in [0.25, 0.3) is 0 Å². The third kappa shape index (κ3) is 26.8. The normalized spacial score (nSPS) is 32.7. The van der Waals surface area contributed by atoms with Gasteiger partial charge in [-0.25, -0.2) is 0 Å². The van der Waals surface area contributed by atoms with E-state index in [4.69, 9.17) is 29.4 Å². The van der Waals surface area contributed by atoms with Crippen molar-refractivity contribution in [2.24, 2.45) is 5.73 Å². The fraction of sp³-hybridized carbons (Fsp3) is 0.595. The molecule has 632 valence electrons. The molecule has 0 aromatic heterocycles. The van der Waals surface area contributed by atoms with Crippen LogP contribution in [0.1, 0.15) is 45.4 Å². The summed E-state index contributed by atoms with van der Waals surface area (Å²) in [5.41, 5.74) is 6.29. The van der Waals surface area contributed by atoms with Crippen LogP contribution in [0.2, 0.25) is 0 Å². The first kappa shape index (κ1) is 96.0. The molecule has 0 radical (unpaired) electrons. The number of nitrogens with two attached hydrogens (primary N) is 1. The van der Waals surface area contributed by atoms with Crippen molar-refractivity contribution in [1.82, 2.24) is 51.1 Å². The van der Waals surface area contributed by atoms with Crippen LogP contribution in [0, 0.1) is 0 Å². The summed E-state index contributed by atoms with van der Waals surface area (Å²) in [5.74, 6) is -0.520. The van der Waals surface area contributed by atoms with Crippen molar-refractivity contribution in [3.63, 3.8) is 0 Å². The van der Waals surface area contributed by atoms with Crippen molar-refractivity contribution < 1.29 is 104 Å². The first-order chi connectivity index (χ1) is 51.6. The molecular formula is C74H123IN11O21P5. The van der Waals surface area contributed by atoms with E-state index in [2.05, 4.69) is 158 Å². The maximum absolute atomic E-state index is 12.0. The Balaban J connectivity index is 0.000000219. The average Bonchev–Trinajstić information content (AvgIpc) is 1.69. The first-order valence-corrected chi connectivity index (χ1v) is 52.9. The number of carbonyl (C=O) groups is 5. The maximum Gasteiger partial charge on any atom is 0.293 e. The quantitative estimate of drug-likeness (QED) is 0.0520. The molecule has 10 aliphatic heterocycles. The Morgan fingerprint density at radius 3 is 1.06 bits per heavy atom. The van der Waals surface area contributed by atoms with Crippen molar-refractivity contribution in [3.8, 4) is 0 Å². The number of nitrogens with zero attached hydrogens (tertiary/aromatic N) is 5. The van der Waals surface area contributed by atoms with Crippen LogP contribution in [0.4, 0.5) is 0 Å². The molecule has 0 aliphatic carbocycles. The van der Waals surface area contributed by atoms with E-state index >= 15 is 0 Å². The molecular weight excluding hydrogens is 1660 g/mol. The molecule has 0 spiro atoms. The molecule has 20 atom stereocenters. The molecule has 1 unspecified atom stereocenters. The number of rotatable bonds is 22. The second-order valence-electron chi connectivity index (χ2n) is 32.7. The van der Waals surface area contributed by atoms with Gasteiger partial charge in [-0.15, -0.1) is 65.9 Å². The number of hydrogen-bond acceptors (Lipinski definition) is 27. The van der Waals surface area contributed by atoms with Gasteiger partial charge >= 0.3 is 0 Å². The predicted molar refractivity (Wildman–Crippen MR) is 458 cm³/mol. The van der Waals surface area contributed by atoms with Gasteiger partial charge in [-0.05, 0) is 159 Å². The maximum atomic E-state index is 12.0. The predicted octanol–water partition coefficient (Wildman–Crippen LogP) is 0.545. The van der Waals surface area contributed by atoms with E-state index in [9.17, 15) is 80.1 Å². The van der Waals surface area contributed by atoms with Gasteiger partial charge in [-0.1, -0.05) is 45.0 Å². The second kappa shape index (κ2) is 40.1. The molecule has 10 heterocycles. The molecule has 0 aromatic carbocycles. The fourth-order valence-electron chi connectivity index (χ4n) is 12.8. The van der Waals surface area contributed by atoms with Crippen LogP contribution >= 0.6 is 57.0 Å². The number of nitrogens with one attached hydrogen (secondary N) is 5. The van der Waals surface area contributed by atoms with Crippen LogP contribution < -0.4 is 32.3 Å². The summed E-state index contributed by atoms with van der Waals surface area (Å²) in [6, 6.07) is 0. The zero-order chi connectivity index (χ0) is 84.5. The van der Waals surface area contributed by atoms with Crippen molar-refractivity contribution >= 4 is 118 Å². The van der Waals surface area contributed by atoms with Gasteiger partial charge in [-0.2, -0.15) is 0 Å². The number of aliphatic hydroxyl groups excluding tert-OH is 11. The highest BCUT2D eigenvalue weighted by atomic mass is 127. The molecule has 18 N–H and O–H groups in total. The van der Waals surface area contributed by atoms with Crippen LogP contribution in [-0.2, 0) is 47.7 Å².